The third kappa shape index (κ3) is 4.27. The molecule has 1 aromatic rings. The quantitative estimate of drug-likeness (QED) is 0.791. The maximum absolute atomic E-state index is 5.37. The fourth-order valence-electron chi connectivity index (χ4n) is 1.83. The molecule has 0 aromatic heterocycles. The van der Waals surface area contributed by atoms with Crippen molar-refractivity contribution in [2.75, 3.05) is 20.8 Å². The van der Waals surface area contributed by atoms with E-state index in [2.05, 4.69) is 19.2 Å². The first-order valence-corrected chi connectivity index (χ1v) is 6.15. The van der Waals surface area contributed by atoms with Crippen LogP contribution in [0, 0.1) is 0 Å². The zero-order valence-electron chi connectivity index (χ0n) is 11.2. The van der Waals surface area contributed by atoms with Crippen molar-refractivity contribution in [1.82, 2.24) is 5.32 Å². The van der Waals surface area contributed by atoms with Gasteiger partial charge in [-0.15, -0.1) is 0 Å². The van der Waals surface area contributed by atoms with E-state index in [0.717, 1.165) is 30.9 Å². The first-order chi connectivity index (χ1) is 8.21. The van der Waals surface area contributed by atoms with Crippen LogP contribution in [-0.2, 0) is 6.42 Å². The summed E-state index contributed by atoms with van der Waals surface area (Å²) in [7, 11) is 3.39. The molecular weight excluding hydrogens is 214 g/mol. The smallest absolute Gasteiger partial charge is 0.122 e. The van der Waals surface area contributed by atoms with Gasteiger partial charge in [-0.25, -0.2) is 0 Å². The van der Waals surface area contributed by atoms with Gasteiger partial charge in [-0.2, -0.15) is 0 Å². The number of rotatable bonds is 7. The van der Waals surface area contributed by atoms with Crippen LogP contribution in [-0.4, -0.2) is 26.8 Å². The zero-order chi connectivity index (χ0) is 12.7. The van der Waals surface area contributed by atoms with Crippen molar-refractivity contribution in [2.45, 2.75) is 32.7 Å². The van der Waals surface area contributed by atoms with E-state index in [4.69, 9.17) is 9.47 Å². The Labute approximate surface area is 104 Å². The molecule has 3 nitrogen and oxygen atoms in total. The third-order valence-corrected chi connectivity index (χ3v) is 2.76. The minimum absolute atomic E-state index is 0.441. The summed E-state index contributed by atoms with van der Waals surface area (Å²) in [5.74, 6) is 1.81. The number of benzene rings is 1. The zero-order valence-corrected chi connectivity index (χ0v) is 11.2. The van der Waals surface area contributed by atoms with E-state index in [1.54, 1.807) is 14.2 Å². The molecule has 17 heavy (non-hydrogen) atoms. The molecule has 0 aliphatic heterocycles. The lowest BCUT2D eigenvalue weighted by molar-refractivity contribution is 0.395. The summed E-state index contributed by atoms with van der Waals surface area (Å²) in [6.45, 7) is 5.41. The van der Waals surface area contributed by atoms with Crippen LogP contribution >= 0.6 is 0 Å². The minimum atomic E-state index is 0.441. The monoisotopic (exact) mass is 237 g/mol. The molecule has 0 amide bonds. The van der Waals surface area contributed by atoms with Gasteiger partial charge in [0.25, 0.3) is 0 Å². The van der Waals surface area contributed by atoms with Gasteiger partial charge in [0.15, 0.2) is 0 Å². The molecule has 0 aliphatic rings. The van der Waals surface area contributed by atoms with Crippen LogP contribution in [0.15, 0.2) is 18.2 Å². The second-order valence-electron chi connectivity index (χ2n) is 4.24. The van der Waals surface area contributed by atoms with Crippen molar-refractivity contribution in [3.63, 3.8) is 0 Å². The molecule has 3 heteroatoms. The van der Waals surface area contributed by atoms with Crippen LogP contribution in [0.4, 0.5) is 0 Å². The van der Waals surface area contributed by atoms with Crippen molar-refractivity contribution in [3.8, 4) is 11.5 Å². The fourth-order valence-corrected chi connectivity index (χ4v) is 1.83. The molecule has 0 saturated carbocycles. The van der Waals surface area contributed by atoms with Gasteiger partial charge in [-0.1, -0.05) is 6.92 Å². The van der Waals surface area contributed by atoms with Crippen LogP contribution in [0.3, 0.4) is 0 Å². The number of hydrogen-bond donors (Lipinski definition) is 1. The van der Waals surface area contributed by atoms with Gasteiger partial charge in [0, 0.05) is 6.04 Å². The predicted molar refractivity (Wildman–Crippen MR) is 71.0 cm³/mol. The van der Waals surface area contributed by atoms with Gasteiger partial charge in [-0.3, -0.25) is 0 Å². The van der Waals surface area contributed by atoms with E-state index in [1.807, 2.05) is 18.2 Å². The van der Waals surface area contributed by atoms with Gasteiger partial charge in [0.1, 0.15) is 11.5 Å². The molecule has 96 valence electrons. The molecule has 0 radical (unpaired) electrons. The van der Waals surface area contributed by atoms with Gasteiger partial charge in [0.05, 0.1) is 14.2 Å². The molecule has 0 spiro atoms. The van der Waals surface area contributed by atoms with Crippen LogP contribution in [0.5, 0.6) is 11.5 Å². The maximum Gasteiger partial charge on any atom is 0.122 e. The van der Waals surface area contributed by atoms with Crippen molar-refractivity contribution < 1.29 is 9.47 Å². The SMILES string of the molecule is CCCN[C@@H](C)Cc1cc(OC)ccc1OC. The van der Waals surface area contributed by atoms with Crippen molar-refractivity contribution in [3.05, 3.63) is 23.8 Å². The largest absolute Gasteiger partial charge is 0.497 e. The summed E-state index contributed by atoms with van der Waals surface area (Å²) < 4.78 is 10.6. The second-order valence-corrected chi connectivity index (χ2v) is 4.24. The number of nitrogens with one attached hydrogen (secondary N) is 1. The average molecular weight is 237 g/mol. The summed E-state index contributed by atoms with van der Waals surface area (Å²) in [6.07, 6.45) is 2.10. The molecule has 0 aliphatic carbocycles. The Morgan fingerprint density at radius 2 is 2.00 bits per heavy atom. The molecule has 0 heterocycles. The van der Waals surface area contributed by atoms with E-state index < -0.39 is 0 Å². The lowest BCUT2D eigenvalue weighted by Crippen LogP contribution is -2.28. The molecule has 0 unspecified atom stereocenters. The molecule has 1 N–H and O–H groups in total. The highest BCUT2D eigenvalue weighted by Gasteiger charge is 2.09. The molecule has 0 bridgehead atoms. The minimum Gasteiger partial charge on any atom is -0.497 e. The molecule has 1 atom stereocenters. The van der Waals surface area contributed by atoms with E-state index in [-0.39, 0.29) is 0 Å². The topological polar surface area (TPSA) is 30.5 Å². The molecule has 0 fully saturated rings. The van der Waals surface area contributed by atoms with Crippen LogP contribution in [0.25, 0.3) is 0 Å². The standard InChI is InChI=1S/C14H23NO2/c1-5-8-15-11(2)9-12-10-13(16-3)6-7-14(12)17-4/h6-7,10-11,15H,5,8-9H2,1-4H3/t11-/m0/s1. The summed E-state index contributed by atoms with van der Waals surface area (Å²) in [4.78, 5) is 0. The molecule has 1 aromatic carbocycles. The third-order valence-electron chi connectivity index (χ3n) is 2.76. The first kappa shape index (κ1) is 13.8. The fraction of sp³-hybridized carbons (Fsp3) is 0.571. The van der Waals surface area contributed by atoms with Crippen molar-refractivity contribution >= 4 is 0 Å². The normalized spacial score (nSPS) is 12.2. The van der Waals surface area contributed by atoms with Gasteiger partial charge in [0.2, 0.25) is 0 Å². The predicted octanol–water partition coefficient (Wildman–Crippen LogP) is 2.63. The molecular formula is C14H23NO2. The van der Waals surface area contributed by atoms with Gasteiger partial charge in [-0.05, 0) is 50.1 Å². The Morgan fingerprint density at radius 3 is 2.59 bits per heavy atom. The number of methoxy groups -OCH3 is 2. The first-order valence-electron chi connectivity index (χ1n) is 6.15. The summed E-state index contributed by atoms with van der Waals surface area (Å²) >= 11 is 0. The van der Waals surface area contributed by atoms with Crippen LogP contribution in [0.2, 0.25) is 0 Å². The van der Waals surface area contributed by atoms with Crippen LogP contribution in [0.1, 0.15) is 25.8 Å². The Morgan fingerprint density at radius 1 is 1.24 bits per heavy atom. The van der Waals surface area contributed by atoms with E-state index >= 15 is 0 Å². The highest BCUT2D eigenvalue weighted by atomic mass is 16.5. The van der Waals surface area contributed by atoms with Crippen molar-refractivity contribution in [1.29, 1.82) is 0 Å². The van der Waals surface area contributed by atoms with E-state index in [0.29, 0.717) is 6.04 Å². The van der Waals surface area contributed by atoms with Gasteiger partial charge < -0.3 is 14.8 Å². The summed E-state index contributed by atoms with van der Waals surface area (Å²) in [6, 6.07) is 6.37. The Kier molecular flexibility index (Phi) is 5.84. The summed E-state index contributed by atoms with van der Waals surface area (Å²) in [5.41, 5.74) is 1.18. The highest BCUT2D eigenvalue weighted by Crippen LogP contribution is 2.25. The second kappa shape index (κ2) is 7.17. The Bertz CT molecular complexity index is 339. The maximum atomic E-state index is 5.37. The molecule has 0 saturated heterocycles. The summed E-state index contributed by atoms with van der Waals surface area (Å²) in [5, 5.41) is 3.47. The Balaban J connectivity index is 2.72. The molecule has 1 rings (SSSR count). The van der Waals surface area contributed by atoms with E-state index in [1.165, 1.54) is 5.56 Å². The average Bonchev–Trinajstić information content (AvgIpc) is 2.36. The number of ether oxygens (including phenoxy) is 2. The number of hydrogen-bond acceptors (Lipinski definition) is 3. The Hall–Kier alpha value is -1.22. The lowest BCUT2D eigenvalue weighted by atomic mass is 10.1. The van der Waals surface area contributed by atoms with E-state index in [9.17, 15) is 0 Å². The van der Waals surface area contributed by atoms with Gasteiger partial charge >= 0.3 is 0 Å². The lowest BCUT2D eigenvalue weighted by Gasteiger charge is -2.16. The highest BCUT2D eigenvalue weighted by molar-refractivity contribution is 5.40. The van der Waals surface area contributed by atoms with Crippen LogP contribution < -0.4 is 14.8 Å². The van der Waals surface area contributed by atoms with Crippen molar-refractivity contribution in [2.24, 2.45) is 0 Å².